The van der Waals surface area contributed by atoms with Gasteiger partial charge in [0.25, 0.3) is 0 Å². The number of hydrogen-bond acceptors (Lipinski definition) is 3. The van der Waals surface area contributed by atoms with Crippen LogP contribution in [-0.4, -0.2) is 34.3 Å². The molecule has 5 nitrogen and oxygen atoms in total. The maximum Gasteiger partial charge on any atom is 0.215 e. The Morgan fingerprint density at radius 3 is 1.83 bits per heavy atom. The minimum atomic E-state index is -0.114. The quantitative estimate of drug-likeness (QED) is 0.537. The van der Waals surface area contributed by atoms with Gasteiger partial charge in [0, 0.05) is 10.6 Å². The second-order valence-corrected chi connectivity index (χ2v) is 7.70. The van der Waals surface area contributed by atoms with E-state index < -0.39 is 0 Å². The van der Waals surface area contributed by atoms with Crippen molar-refractivity contribution in [3.63, 3.8) is 0 Å². The zero-order chi connectivity index (χ0) is 20.2. The van der Waals surface area contributed by atoms with E-state index in [1.807, 2.05) is 65.3 Å². The van der Waals surface area contributed by atoms with Gasteiger partial charge in [-0.15, -0.1) is 5.10 Å². The first-order chi connectivity index (χ1) is 14.1. The monoisotopic (exact) mass is 404 g/mol. The van der Waals surface area contributed by atoms with Crippen LogP contribution in [0.2, 0.25) is 5.02 Å². The number of halogens is 1. The molecule has 0 aliphatic heterocycles. The zero-order valence-corrected chi connectivity index (χ0v) is 17.2. The summed E-state index contributed by atoms with van der Waals surface area (Å²) in [6.07, 6.45) is 0. The molecule has 1 heterocycles. The van der Waals surface area contributed by atoms with E-state index >= 15 is 0 Å². The Morgan fingerprint density at radius 1 is 0.759 bits per heavy atom. The molecule has 0 spiro atoms. The van der Waals surface area contributed by atoms with Gasteiger partial charge in [-0.1, -0.05) is 84.4 Å². The summed E-state index contributed by atoms with van der Waals surface area (Å²) < 4.78 is 1.94. The van der Waals surface area contributed by atoms with Crippen molar-refractivity contribution >= 4 is 11.6 Å². The predicted octanol–water partition coefficient (Wildman–Crippen LogP) is 3.20. The van der Waals surface area contributed by atoms with Crippen LogP contribution < -0.4 is 4.90 Å². The van der Waals surface area contributed by atoms with Crippen LogP contribution in [0.4, 0.5) is 0 Å². The maximum absolute atomic E-state index is 6.11. The third kappa shape index (κ3) is 4.06. The average Bonchev–Trinajstić information content (AvgIpc) is 3.20. The molecule has 1 N–H and O–H groups in total. The normalized spacial score (nSPS) is 12.4. The van der Waals surface area contributed by atoms with Gasteiger partial charge >= 0.3 is 0 Å². The summed E-state index contributed by atoms with van der Waals surface area (Å²) in [5.74, 6) is 0.810. The standard InChI is InChI=1S/C23H22ClN5/c1-28(2)22(19-13-15-20(24)16-14-19)23-25-26-27-29(23)21(17-9-5-3-6-10-17)18-11-7-4-8-12-18/h3-16,21-22H,1-2H3/p+1/t22-/m0/s1. The van der Waals surface area contributed by atoms with Crippen molar-refractivity contribution in [1.82, 2.24) is 20.2 Å². The van der Waals surface area contributed by atoms with Gasteiger partial charge < -0.3 is 4.90 Å². The first kappa shape index (κ1) is 19.3. The third-order valence-electron chi connectivity index (χ3n) is 5.03. The molecule has 29 heavy (non-hydrogen) atoms. The molecular weight excluding hydrogens is 382 g/mol. The summed E-state index contributed by atoms with van der Waals surface area (Å²) in [6, 6.07) is 28.4. The van der Waals surface area contributed by atoms with Crippen LogP contribution in [0.15, 0.2) is 84.9 Å². The van der Waals surface area contributed by atoms with Gasteiger partial charge in [0.05, 0.1) is 14.1 Å². The summed E-state index contributed by atoms with van der Waals surface area (Å²) in [6.45, 7) is 0. The Hall–Kier alpha value is -3.02. The molecule has 0 unspecified atom stereocenters. The Kier molecular flexibility index (Phi) is 5.69. The Bertz CT molecular complexity index is 1010. The molecule has 6 heteroatoms. The van der Waals surface area contributed by atoms with Crippen LogP contribution in [-0.2, 0) is 0 Å². The van der Waals surface area contributed by atoms with E-state index in [9.17, 15) is 0 Å². The minimum absolute atomic E-state index is 0.0304. The summed E-state index contributed by atoms with van der Waals surface area (Å²) in [5, 5.41) is 13.7. The highest BCUT2D eigenvalue weighted by molar-refractivity contribution is 6.30. The lowest BCUT2D eigenvalue weighted by Gasteiger charge is -2.25. The Morgan fingerprint density at radius 2 is 1.31 bits per heavy atom. The molecule has 0 saturated carbocycles. The van der Waals surface area contributed by atoms with Crippen LogP contribution in [0.25, 0.3) is 0 Å². The molecule has 0 amide bonds. The first-order valence-electron chi connectivity index (χ1n) is 9.58. The van der Waals surface area contributed by atoms with Crippen molar-refractivity contribution in [3.05, 3.63) is 112 Å². The number of benzene rings is 3. The lowest BCUT2D eigenvalue weighted by atomic mass is 9.98. The summed E-state index contributed by atoms with van der Waals surface area (Å²) in [4.78, 5) is 1.21. The summed E-state index contributed by atoms with van der Waals surface area (Å²) in [5.41, 5.74) is 3.39. The Labute approximate surface area is 175 Å². The van der Waals surface area contributed by atoms with Gasteiger partial charge in [0.1, 0.15) is 6.04 Å². The van der Waals surface area contributed by atoms with Crippen LogP contribution in [0.1, 0.15) is 34.6 Å². The number of quaternary nitrogens is 1. The van der Waals surface area contributed by atoms with Gasteiger partial charge in [-0.2, -0.15) is 0 Å². The molecule has 4 rings (SSSR count). The average molecular weight is 405 g/mol. The second kappa shape index (κ2) is 8.55. The lowest BCUT2D eigenvalue weighted by molar-refractivity contribution is -0.886. The topological polar surface area (TPSA) is 48.0 Å². The van der Waals surface area contributed by atoms with Gasteiger partial charge in [0.2, 0.25) is 5.82 Å². The van der Waals surface area contributed by atoms with Crippen LogP contribution >= 0.6 is 11.6 Å². The number of aromatic nitrogens is 4. The third-order valence-corrected chi connectivity index (χ3v) is 5.28. The van der Waals surface area contributed by atoms with Crippen molar-refractivity contribution in [2.75, 3.05) is 14.1 Å². The number of nitrogens with one attached hydrogen (secondary N) is 1. The SMILES string of the molecule is C[NH+](C)[C@@H](c1ccc(Cl)cc1)c1nnnn1C(c1ccccc1)c1ccccc1. The fourth-order valence-corrected chi connectivity index (χ4v) is 3.84. The van der Waals surface area contributed by atoms with Crippen LogP contribution in [0, 0.1) is 0 Å². The van der Waals surface area contributed by atoms with E-state index in [0.29, 0.717) is 5.02 Å². The summed E-state index contributed by atoms with van der Waals surface area (Å²) >= 11 is 6.11. The fraction of sp³-hybridized carbons (Fsp3) is 0.174. The minimum Gasteiger partial charge on any atom is -0.327 e. The predicted molar refractivity (Wildman–Crippen MR) is 114 cm³/mol. The number of nitrogens with zero attached hydrogens (tertiary/aromatic N) is 4. The molecule has 0 bridgehead atoms. The second-order valence-electron chi connectivity index (χ2n) is 7.27. The van der Waals surface area contributed by atoms with Crippen molar-refractivity contribution < 1.29 is 4.90 Å². The summed E-state index contributed by atoms with van der Waals surface area (Å²) in [7, 11) is 4.22. The van der Waals surface area contributed by atoms with E-state index in [1.54, 1.807) is 0 Å². The molecule has 4 aromatic rings. The number of hydrogen-bond donors (Lipinski definition) is 1. The van der Waals surface area contributed by atoms with E-state index in [-0.39, 0.29) is 12.1 Å². The van der Waals surface area contributed by atoms with Gasteiger partial charge in [0.15, 0.2) is 6.04 Å². The Balaban J connectivity index is 1.86. The smallest absolute Gasteiger partial charge is 0.215 e. The first-order valence-corrected chi connectivity index (χ1v) is 9.96. The van der Waals surface area contributed by atoms with Gasteiger partial charge in [-0.25, -0.2) is 4.68 Å². The molecule has 0 radical (unpaired) electrons. The molecule has 0 saturated heterocycles. The van der Waals surface area contributed by atoms with Gasteiger partial charge in [-0.3, -0.25) is 0 Å². The maximum atomic E-state index is 6.11. The highest BCUT2D eigenvalue weighted by Crippen LogP contribution is 2.29. The number of tetrazole rings is 1. The molecule has 0 fully saturated rings. The van der Waals surface area contributed by atoms with E-state index in [1.165, 1.54) is 4.90 Å². The van der Waals surface area contributed by atoms with Crippen molar-refractivity contribution in [1.29, 1.82) is 0 Å². The molecule has 0 aliphatic rings. The molecule has 1 atom stereocenters. The highest BCUT2D eigenvalue weighted by Gasteiger charge is 2.31. The van der Waals surface area contributed by atoms with E-state index in [4.69, 9.17) is 11.6 Å². The largest absolute Gasteiger partial charge is 0.327 e. The highest BCUT2D eigenvalue weighted by atomic mass is 35.5. The fourth-order valence-electron chi connectivity index (χ4n) is 3.72. The molecule has 1 aromatic heterocycles. The van der Waals surface area contributed by atoms with Crippen molar-refractivity contribution in [2.24, 2.45) is 0 Å². The van der Waals surface area contributed by atoms with E-state index in [0.717, 1.165) is 22.5 Å². The molecule has 3 aromatic carbocycles. The van der Waals surface area contributed by atoms with Crippen LogP contribution in [0.5, 0.6) is 0 Å². The number of rotatable bonds is 6. The molecule has 0 aliphatic carbocycles. The molecular formula is C23H23ClN5+. The molecule has 146 valence electrons. The van der Waals surface area contributed by atoms with Crippen molar-refractivity contribution in [3.8, 4) is 0 Å². The lowest BCUT2D eigenvalue weighted by Crippen LogP contribution is -3.06. The van der Waals surface area contributed by atoms with Crippen molar-refractivity contribution in [2.45, 2.75) is 12.1 Å². The van der Waals surface area contributed by atoms with Gasteiger partial charge in [-0.05, 0) is 33.7 Å². The zero-order valence-electron chi connectivity index (χ0n) is 16.4. The van der Waals surface area contributed by atoms with Crippen LogP contribution in [0.3, 0.4) is 0 Å². The van der Waals surface area contributed by atoms with E-state index in [2.05, 4.69) is 53.9 Å².